The van der Waals surface area contributed by atoms with Crippen molar-refractivity contribution in [2.24, 2.45) is 10.7 Å². The van der Waals surface area contributed by atoms with Crippen molar-refractivity contribution in [2.75, 3.05) is 11.9 Å². The van der Waals surface area contributed by atoms with Crippen LogP contribution in [0.3, 0.4) is 0 Å². The first-order chi connectivity index (χ1) is 16.4. The maximum absolute atomic E-state index is 14.7. The predicted octanol–water partition coefficient (Wildman–Crippen LogP) is 4.50. The van der Waals surface area contributed by atoms with Crippen molar-refractivity contribution in [2.45, 2.75) is 37.6 Å². The molecule has 0 unspecified atom stereocenters. The number of nitrogens with one attached hydrogen (secondary N) is 1. The number of rotatable bonds is 6. The highest BCUT2D eigenvalue weighted by Gasteiger charge is 2.50. The molecule has 1 aromatic carbocycles. The van der Waals surface area contributed by atoms with E-state index in [1.807, 2.05) is 0 Å². The first-order valence-corrected chi connectivity index (χ1v) is 10.1. The molecule has 0 fully saturated rings. The van der Waals surface area contributed by atoms with Crippen LogP contribution in [0.5, 0.6) is 0 Å². The lowest BCUT2D eigenvalue weighted by molar-refractivity contribution is -0.208. The van der Waals surface area contributed by atoms with Gasteiger partial charge in [0.25, 0.3) is 12.4 Å². The lowest BCUT2D eigenvalue weighted by Gasteiger charge is -2.36. The summed E-state index contributed by atoms with van der Waals surface area (Å²) >= 11 is 0. The number of nitrogens with zero attached hydrogens (tertiary/aromatic N) is 4. The van der Waals surface area contributed by atoms with Crippen molar-refractivity contribution in [3.63, 3.8) is 0 Å². The minimum absolute atomic E-state index is 0.136. The van der Waals surface area contributed by atoms with Gasteiger partial charge in [-0.2, -0.15) is 13.2 Å². The van der Waals surface area contributed by atoms with Crippen molar-refractivity contribution >= 4 is 11.8 Å². The number of aliphatic imine (C=N–C) groups is 1. The zero-order valence-electron chi connectivity index (χ0n) is 18.0. The molecule has 2 atom stereocenters. The molecule has 0 saturated heterocycles. The van der Waals surface area contributed by atoms with Gasteiger partial charge in [0, 0.05) is 23.6 Å². The lowest BCUT2D eigenvalue weighted by atomic mass is 9.84. The molecule has 2 aromatic heterocycles. The van der Waals surface area contributed by atoms with Gasteiger partial charge in [-0.3, -0.25) is 0 Å². The SMILES string of the molecule is C[C@@]1(c2cc(-c3cc(-c4cnc(NCC(F)F)cn4)no3)ccc2F)C[C@@H](C(F)(F)F)OC(N)=N1. The fourth-order valence-corrected chi connectivity index (χ4v) is 3.57. The van der Waals surface area contributed by atoms with Crippen LogP contribution < -0.4 is 11.1 Å². The fourth-order valence-electron chi connectivity index (χ4n) is 3.57. The summed E-state index contributed by atoms with van der Waals surface area (Å²) in [6.45, 7) is 0.744. The summed E-state index contributed by atoms with van der Waals surface area (Å²) in [5.74, 6) is -0.473. The standard InChI is InChI=1S/C21H18F6N6O2/c1-20(6-16(21(25,26)27)34-19(28)32-20)11-4-10(2-3-12(11)22)15-5-13(33-35-15)14-7-30-18(9-29-14)31-8-17(23)24/h2-5,7,9,16-17H,6,8H2,1H3,(H2,28,32)(H,30,31)/t16-,20-/m0/s1. The van der Waals surface area contributed by atoms with Gasteiger partial charge in [0.05, 0.1) is 24.5 Å². The topological polar surface area (TPSA) is 111 Å². The highest BCUT2D eigenvalue weighted by atomic mass is 19.4. The quantitative estimate of drug-likeness (QED) is 0.480. The van der Waals surface area contributed by atoms with E-state index < -0.39 is 49.0 Å². The summed E-state index contributed by atoms with van der Waals surface area (Å²) in [5, 5.41) is 6.29. The van der Waals surface area contributed by atoms with Crippen molar-refractivity contribution in [1.29, 1.82) is 0 Å². The number of ether oxygens (including phenoxy) is 1. The maximum Gasteiger partial charge on any atom is 0.425 e. The van der Waals surface area contributed by atoms with Crippen molar-refractivity contribution < 1.29 is 35.6 Å². The first-order valence-electron chi connectivity index (χ1n) is 10.1. The molecule has 1 aliphatic heterocycles. The number of anilines is 1. The molecule has 3 N–H and O–H groups in total. The van der Waals surface area contributed by atoms with Crippen LogP contribution >= 0.6 is 0 Å². The van der Waals surface area contributed by atoms with Crippen molar-refractivity contribution in [3.05, 3.63) is 48.0 Å². The second-order valence-electron chi connectivity index (χ2n) is 7.91. The van der Waals surface area contributed by atoms with E-state index in [1.54, 1.807) is 0 Å². The summed E-state index contributed by atoms with van der Waals surface area (Å²) < 4.78 is 89.1. The van der Waals surface area contributed by atoms with E-state index in [0.717, 1.165) is 6.07 Å². The zero-order chi connectivity index (χ0) is 25.4. The summed E-state index contributed by atoms with van der Waals surface area (Å²) in [4.78, 5) is 12.0. The molecule has 14 heteroatoms. The maximum atomic E-state index is 14.7. The molecular formula is C21H18F6N6O2. The van der Waals surface area contributed by atoms with Crippen molar-refractivity contribution in [1.82, 2.24) is 15.1 Å². The Kier molecular flexibility index (Phi) is 6.30. The summed E-state index contributed by atoms with van der Waals surface area (Å²) in [7, 11) is 0. The molecule has 3 aromatic rings. The third-order valence-electron chi connectivity index (χ3n) is 5.26. The molecule has 0 bridgehead atoms. The largest absolute Gasteiger partial charge is 0.452 e. The zero-order valence-corrected chi connectivity index (χ0v) is 18.0. The Hall–Kier alpha value is -3.84. The van der Waals surface area contributed by atoms with Crippen LogP contribution in [0.25, 0.3) is 22.7 Å². The number of aromatic nitrogens is 3. The van der Waals surface area contributed by atoms with E-state index in [1.165, 1.54) is 37.5 Å². The van der Waals surface area contributed by atoms with Gasteiger partial charge in [0.15, 0.2) is 11.9 Å². The van der Waals surface area contributed by atoms with Gasteiger partial charge in [-0.15, -0.1) is 0 Å². The smallest absolute Gasteiger partial charge is 0.425 e. The third-order valence-corrected chi connectivity index (χ3v) is 5.26. The van der Waals surface area contributed by atoms with Gasteiger partial charge in [0.1, 0.15) is 23.0 Å². The predicted molar refractivity (Wildman–Crippen MR) is 112 cm³/mol. The Morgan fingerprint density at radius 2 is 1.94 bits per heavy atom. The second-order valence-corrected chi connectivity index (χ2v) is 7.91. The van der Waals surface area contributed by atoms with Gasteiger partial charge in [-0.05, 0) is 25.1 Å². The molecule has 0 aliphatic carbocycles. The average Bonchev–Trinajstić information content (AvgIpc) is 3.27. The van der Waals surface area contributed by atoms with Gasteiger partial charge in [-0.1, -0.05) is 5.16 Å². The Morgan fingerprint density at radius 3 is 2.60 bits per heavy atom. The molecule has 3 heterocycles. The van der Waals surface area contributed by atoms with Crippen LogP contribution in [-0.2, 0) is 10.3 Å². The van der Waals surface area contributed by atoms with Crippen molar-refractivity contribution in [3.8, 4) is 22.7 Å². The third kappa shape index (κ3) is 5.30. The molecule has 4 rings (SSSR count). The number of hydrogen-bond donors (Lipinski definition) is 2. The number of amidine groups is 1. The Morgan fingerprint density at radius 1 is 1.17 bits per heavy atom. The van der Waals surface area contributed by atoms with E-state index in [4.69, 9.17) is 10.3 Å². The van der Waals surface area contributed by atoms with E-state index >= 15 is 0 Å². The van der Waals surface area contributed by atoms with Crippen LogP contribution in [0, 0.1) is 5.82 Å². The van der Waals surface area contributed by atoms with Crippen LogP contribution in [-0.4, -0.2) is 46.4 Å². The molecule has 0 saturated carbocycles. The molecule has 186 valence electrons. The first kappa shape index (κ1) is 24.3. The highest BCUT2D eigenvalue weighted by molar-refractivity contribution is 5.73. The number of alkyl halides is 5. The minimum atomic E-state index is -4.72. The summed E-state index contributed by atoms with van der Waals surface area (Å²) in [6, 6.07) is 4.51. The van der Waals surface area contributed by atoms with E-state index in [0.29, 0.717) is 5.56 Å². The molecule has 0 spiro atoms. The Labute approximate surface area is 194 Å². The van der Waals surface area contributed by atoms with Gasteiger partial charge >= 0.3 is 6.18 Å². The number of halogens is 6. The van der Waals surface area contributed by atoms with Crippen LogP contribution in [0.2, 0.25) is 0 Å². The molecule has 0 amide bonds. The number of hydrogen-bond acceptors (Lipinski definition) is 8. The molecule has 0 radical (unpaired) electrons. The van der Waals surface area contributed by atoms with E-state index in [-0.39, 0.29) is 28.5 Å². The number of nitrogens with two attached hydrogens (primary N) is 1. The average molecular weight is 500 g/mol. The van der Waals surface area contributed by atoms with E-state index in [9.17, 15) is 26.3 Å². The van der Waals surface area contributed by atoms with E-state index in [2.05, 4.69) is 30.2 Å². The Balaban J connectivity index is 1.61. The van der Waals surface area contributed by atoms with Crippen LogP contribution in [0.1, 0.15) is 18.9 Å². The lowest BCUT2D eigenvalue weighted by Crippen LogP contribution is -2.46. The van der Waals surface area contributed by atoms with Crippen LogP contribution in [0.4, 0.5) is 32.2 Å². The molecule has 1 aliphatic rings. The summed E-state index contributed by atoms with van der Waals surface area (Å²) in [6.07, 6.45) is -7.67. The second kappa shape index (κ2) is 9.07. The Bertz CT molecular complexity index is 1230. The number of benzene rings is 1. The highest BCUT2D eigenvalue weighted by Crippen LogP contribution is 2.42. The van der Waals surface area contributed by atoms with Gasteiger partial charge < -0.3 is 20.3 Å². The molecule has 35 heavy (non-hydrogen) atoms. The van der Waals surface area contributed by atoms with Crippen LogP contribution in [0.15, 0.2) is 46.2 Å². The summed E-state index contributed by atoms with van der Waals surface area (Å²) in [5.41, 5.74) is 4.51. The molecule has 8 nitrogen and oxygen atoms in total. The molecular weight excluding hydrogens is 482 g/mol. The normalized spacial score (nSPS) is 20.5. The fraction of sp³-hybridized carbons (Fsp3) is 0.333. The van der Waals surface area contributed by atoms with Gasteiger partial charge in [0.2, 0.25) is 0 Å². The van der Waals surface area contributed by atoms with Gasteiger partial charge in [-0.25, -0.2) is 28.1 Å². The monoisotopic (exact) mass is 500 g/mol. The minimum Gasteiger partial charge on any atom is -0.452 e.